The Kier molecular flexibility index (Phi) is 5.86. The average Bonchev–Trinajstić information content (AvgIpc) is 2.04. The zero-order chi connectivity index (χ0) is 9.90. The second kappa shape index (κ2) is 5.83. The van der Waals surface area contributed by atoms with E-state index < -0.39 is 0 Å². The fourth-order valence-corrected chi connectivity index (χ4v) is 2.56. The topological polar surface area (TPSA) is 43.1 Å². The summed E-state index contributed by atoms with van der Waals surface area (Å²) in [5.74, 6) is 0.506. The monoisotopic (exact) mass is 191 g/mol. The van der Waals surface area contributed by atoms with Gasteiger partial charge in [0.25, 0.3) is 0 Å². The second-order valence-corrected chi connectivity index (χ2v) is 4.80. The number of carbonyl (C=O) groups is 1. The zero-order valence-electron chi connectivity index (χ0n) is 10.8. The summed E-state index contributed by atoms with van der Waals surface area (Å²) in [7, 11) is 0. The molecule has 2 N–H and O–H groups in total. The molecule has 14 heavy (non-hydrogen) atoms. The molecular weight excluding hydrogens is 169 g/mol. The van der Waals surface area contributed by atoms with Gasteiger partial charge in [0, 0.05) is 5.41 Å². The molecule has 1 saturated carbocycles. The quantitative estimate of drug-likeness (QED) is 0.605. The number of hydrogen-bond donors (Lipinski definition) is 1. The molecule has 0 heterocycles. The third kappa shape index (κ3) is 3.33. The summed E-state index contributed by atoms with van der Waals surface area (Å²) >= 11 is 0. The van der Waals surface area contributed by atoms with Crippen LogP contribution >= 0.6 is 0 Å². The SMILES string of the molecule is CC(C)CC1(C(N)=O)CCCCC1.[H-].[Li+]. The van der Waals surface area contributed by atoms with Crippen molar-refractivity contribution in [3.8, 4) is 0 Å². The van der Waals surface area contributed by atoms with E-state index in [1.54, 1.807) is 0 Å². The van der Waals surface area contributed by atoms with Crippen molar-refractivity contribution in [1.82, 2.24) is 0 Å². The molecule has 0 aliphatic heterocycles. The van der Waals surface area contributed by atoms with E-state index in [4.69, 9.17) is 5.73 Å². The summed E-state index contributed by atoms with van der Waals surface area (Å²) in [4.78, 5) is 11.4. The summed E-state index contributed by atoms with van der Waals surface area (Å²) in [6.45, 7) is 4.33. The third-order valence-electron chi connectivity index (χ3n) is 3.13. The van der Waals surface area contributed by atoms with Crippen molar-refractivity contribution in [3.05, 3.63) is 0 Å². The van der Waals surface area contributed by atoms with Gasteiger partial charge in [-0.2, -0.15) is 0 Å². The molecule has 1 rings (SSSR count). The van der Waals surface area contributed by atoms with Gasteiger partial charge in [-0.1, -0.05) is 33.1 Å². The van der Waals surface area contributed by atoms with Crippen molar-refractivity contribution < 1.29 is 25.1 Å². The van der Waals surface area contributed by atoms with Crippen LogP contribution in [0.5, 0.6) is 0 Å². The Hall–Kier alpha value is 0.0674. The van der Waals surface area contributed by atoms with Gasteiger partial charge in [-0.15, -0.1) is 0 Å². The van der Waals surface area contributed by atoms with Crippen LogP contribution in [0.4, 0.5) is 0 Å². The van der Waals surface area contributed by atoms with Gasteiger partial charge in [0.15, 0.2) is 0 Å². The average molecular weight is 191 g/mol. The molecule has 78 valence electrons. The third-order valence-corrected chi connectivity index (χ3v) is 3.13. The number of hydrogen-bond acceptors (Lipinski definition) is 1. The summed E-state index contributed by atoms with van der Waals surface area (Å²) in [6, 6.07) is 0. The Morgan fingerprint density at radius 1 is 1.36 bits per heavy atom. The van der Waals surface area contributed by atoms with Crippen LogP contribution in [0.3, 0.4) is 0 Å². The molecule has 1 fully saturated rings. The van der Waals surface area contributed by atoms with Crippen molar-refractivity contribution in [2.75, 3.05) is 0 Å². The van der Waals surface area contributed by atoms with E-state index in [1.165, 1.54) is 19.3 Å². The number of rotatable bonds is 3. The van der Waals surface area contributed by atoms with E-state index >= 15 is 0 Å². The Bertz CT molecular complexity index is 191. The maximum Gasteiger partial charge on any atom is 1.00 e. The summed E-state index contributed by atoms with van der Waals surface area (Å²) < 4.78 is 0. The summed E-state index contributed by atoms with van der Waals surface area (Å²) in [5.41, 5.74) is 5.35. The van der Waals surface area contributed by atoms with Gasteiger partial charge < -0.3 is 7.16 Å². The molecule has 0 bridgehead atoms. The van der Waals surface area contributed by atoms with E-state index in [9.17, 15) is 4.79 Å². The van der Waals surface area contributed by atoms with Crippen molar-refractivity contribution >= 4 is 5.91 Å². The van der Waals surface area contributed by atoms with Crippen molar-refractivity contribution in [2.24, 2.45) is 17.1 Å². The zero-order valence-corrected chi connectivity index (χ0v) is 9.81. The van der Waals surface area contributed by atoms with E-state index in [1.807, 2.05) is 0 Å². The van der Waals surface area contributed by atoms with Crippen molar-refractivity contribution in [1.29, 1.82) is 0 Å². The van der Waals surface area contributed by atoms with Gasteiger partial charge in [-0.3, -0.25) is 4.79 Å². The van der Waals surface area contributed by atoms with Crippen LogP contribution in [0.25, 0.3) is 0 Å². The number of primary amides is 1. The minimum Gasteiger partial charge on any atom is -1.00 e. The Morgan fingerprint density at radius 3 is 2.21 bits per heavy atom. The molecule has 0 aromatic heterocycles. The van der Waals surface area contributed by atoms with Gasteiger partial charge in [-0.05, 0) is 25.2 Å². The number of amides is 1. The minimum absolute atomic E-state index is 0. The van der Waals surface area contributed by atoms with Crippen LogP contribution in [0.1, 0.15) is 53.8 Å². The van der Waals surface area contributed by atoms with Crippen molar-refractivity contribution in [3.63, 3.8) is 0 Å². The van der Waals surface area contributed by atoms with Gasteiger partial charge >= 0.3 is 18.9 Å². The largest absolute Gasteiger partial charge is 1.00 e. The van der Waals surface area contributed by atoms with E-state index in [-0.39, 0.29) is 31.6 Å². The van der Waals surface area contributed by atoms with Crippen LogP contribution < -0.4 is 24.6 Å². The van der Waals surface area contributed by atoms with Crippen LogP contribution in [-0.2, 0) is 4.79 Å². The smallest absolute Gasteiger partial charge is 1.00 e. The Balaban J connectivity index is 0. The maximum absolute atomic E-state index is 11.4. The normalized spacial score (nSPS) is 20.2. The predicted octanol–water partition coefficient (Wildman–Crippen LogP) is -0.415. The molecule has 0 spiro atoms. The minimum atomic E-state index is -0.160. The molecule has 0 atom stereocenters. The summed E-state index contributed by atoms with van der Waals surface area (Å²) in [6.07, 6.45) is 6.63. The molecule has 0 unspecified atom stereocenters. The molecular formula is C11H22LiNO. The molecule has 0 aromatic rings. The fourth-order valence-electron chi connectivity index (χ4n) is 2.56. The summed E-state index contributed by atoms with van der Waals surface area (Å²) in [5, 5.41) is 0. The molecule has 1 aliphatic rings. The first-order chi connectivity index (χ1) is 6.07. The maximum atomic E-state index is 11.4. The standard InChI is InChI=1S/C11H21NO.Li.H/c1-9(2)8-11(10(12)13)6-4-3-5-7-11;;/h9H,3-8H2,1-2H3,(H2,12,13);;/q;+1;-1. The fraction of sp³-hybridized carbons (Fsp3) is 0.909. The van der Waals surface area contributed by atoms with Gasteiger partial charge in [0.1, 0.15) is 0 Å². The molecule has 3 heteroatoms. The molecule has 2 nitrogen and oxygen atoms in total. The molecule has 0 saturated heterocycles. The Morgan fingerprint density at radius 2 is 1.86 bits per heavy atom. The first-order valence-electron chi connectivity index (χ1n) is 5.37. The van der Waals surface area contributed by atoms with Crippen LogP contribution in [0.15, 0.2) is 0 Å². The molecule has 1 amide bonds. The number of carbonyl (C=O) groups excluding carboxylic acids is 1. The molecule has 0 aromatic carbocycles. The molecule has 0 radical (unpaired) electrons. The molecule has 1 aliphatic carbocycles. The van der Waals surface area contributed by atoms with E-state index in [0.29, 0.717) is 5.92 Å². The van der Waals surface area contributed by atoms with Crippen LogP contribution in [-0.4, -0.2) is 5.91 Å². The number of nitrogens with two attached hydrogens (primary N) is 1. The van der Waals surface area contributed by atoms with Crippen molar-refractivity contribution in [2.45, 2.75) is 52.4 Å². The van der Waals surface area contributed by atoms with Gasteiger partial charge in [0.2, 0.25) is 5.91 Å². The first kappa shape index (κ1) is 14.1. The first-order valence-corrected chi connectivity index (χ1v) is 5.37. The van der Waals surface area contributed by atoms with Gasteiger partial charge in [-0.25, -0.2) is 0 Å². The predicted molar refractivity (Wildman–Crippen MR) is 55.3 cm³/mol. The van der Waals surface area contributed by atoms with Crippen LogP contribution in [0.2, 0.25) is 0 Å². The van der Waals surface area contributed by atoms with E-state index in [0.717, 1.165) is 19.3 Å². The van der Waals surface area contributed by atoms with E-state index in [2.05, 4.69) is 13.8 Å². The van der Waals surface area contributed by atoms with Crippen LogP contribution in [0, 0.1) is 11.3 Å². The Labute approximate surface area is 101 Å². The van der Waals surface area contributed by atoms with Gasteiger partial charge in [0.05, 0.1) is 0 Å². The second-order valence-electron chi connectivity index (χ2n) is 4.80.